The van der Waals surface area contributed by atoms with Crippen molar-refractivity contribution in [2.24, 2.45) is 0 Å². The smallest absolute Gasteiger partial charge is 0.123 e. The van der Waals surface area contributed by atoms with Crippen molar-refractivity contribution < 1.29 is 9.50 Å². The summed E-state index contributed by atoms with van der Waals surface area (Å²) in [7, 11) is 0. The molecule has 0 fully saturated rings. The summed E-state index contributed by atoms with van der Waals surface area (Å²) < 4.78 is 12.9. The van der Waals surface area contributed by atoms with Gasteiger partial charge < -0.3 is 10.4 Å². The first kappa shape index (κ1) is 12.7. The number of halogens is 1. The summed E-state index contributed by atoms with van der Waals surface area (Å²) in [5.74, 6) is -0.243. The first-order chi connectivity index (χ1) is 8.81. The van der Waals surface area contributed by atoms with Crippen LogP contribution in [0.5, 0.6) is 0 Å². The SMILES string of the molecule is OCCNC(c1ccccc1)c1ccc(F)cc1. The minimum absolute atomic E-state index is 0.0288. The molecule has 1 unspecified atom stereocenters. The fourth-order valence-electron chi connectivity index (χ4n) is 1.94. The van der Waals surface area contributed by atoms with E-state index in [0.29, 0.717) is 6.54 Å². The lowest BCUT2D eigenvalue weighted by atomic mass is 9.99. The van der Waals surface area contributed by atoms with Crippen molar-refractivity contribution in [1.29, 1.82) is 0 Å². The molecule has 0 aliphatic heterocycles. The summed E-state index contributed by atoms with van der Waals surface area (Å²) >= 11 is 0. The Labute approximate surface area is 106 Å². The van der Waals surface area contributed by atoms with E-state index in [4.69, 9.17) is 5.11 Å². The van der Waals surface area contributed by atoms with Gasteiger partial charge in [0.25, 0.3) is 0 Å². The van der Waals surface area contributed by atoms with Crippen molar-refractivity contribution in [1.82, 2.24) is 5.32 Å². The molecule has 2 aromatic carbocycles. The van der Waals surface area contributed by atoms with E-state index in [-0.39, 0.29) is 18.5 Å². The Hall–Kier alpha value is -1.71. The molecule has 2 nitrogen and oxygen atoms in total. The molecule has 0 aliphatic rings. The zero-order valence-corrected chi connectivity index (χ0v) is 10.0. The van der Waals surface area contributed by atoms with Crippen LogP contribution in [0.3, 0.4) is 0 Å². The van der Waals surface area contributed by atoms with E-state index in [1.54, 1.807) is 12.1 Å². The van der Waals surface area contributed by atoms with Crippen LogP contribution in [0, 0.1) is 5.82 Å². The van der Waals surface area contributed by atoms with Crippen molar-refractivity contribution >= 4 is 0 Å². The van der Waals surface area contributed by atoms with Gasteiger partial charge in [-0.2, -0.15) is 0 Å². The Bertz CT molecular complexity index is 470. The van der Waals surface area contributed by atoms with Gasteiger partial charge in [0.1, 0.15) is 5.82 Å². The second-order valence-corrected chi connectivity index (χ2v) is 4.07. The Balaban J connectivity index is 2.27. The summed E-state index contributed by atoms with van der Waals surface area (Å²) in [6.45, 7) is 0.571. The van der Waals surface area contributed by atoms with Crippen molar-refractivity contribution in [2.45, 2.75) is 6.04 Å². The van der Waals surface area contributed by atoms with E-state index >= 15 is 0 Å². The van der Waals surface area contributed by atoms with Gasteiger partial charge in [0, 0.05) is 6.54 Å². The zero-order chi connectivity index (χ0) is 12.8. The molecule has 0 saturated carbocycles. The first-order valence-electron chi connectivity index (χ1n) is 5.96. The number of benzene rings is 2. The fourth-order valence-corrected chi connectivity index (χ4v) is 1.94. The van der Waals surface area contributed by atoms with Crippen LogP contribution in [0.1, 0.15) is 17.2 Å². The van der Waals surface area contributed by atoms with Crippen LogP contribution in [0.2, 0.25) is 0 Å². The van der Waals surface area contributed by atoms with Gasteiger partial charge in [-0.25, -0.2) is 4.39 Å². The van der Waals surface area contributed by atoms with E-state index in [0.717, 1.165) is 11.1 Å². The van der Waals surface area contributed by atoms with Gasteiger partial charge in [0.05, 0.1) is 12.6 Å². The topological polar surface area (TPSA) is 32.3 Å². The number of hydrogen-bond acceptors (Lipinski definition) is 2. The molecule has 2 aromatic rings. The second kappa shape index (κ2) is 6.28. The van der Waals surface area contributed by atoms with Crippen LogP contribution >= 0.6 is 0 Å². The van der Waals surface area contributed by atoms with Gasteiger partial charge in [-0.05, 0) is 23.3 Å². The average Bonchev–Trinajstić information content (AvgIpc) is 2.42. The maximum Gasteiger partial charge on any atom is 0.123 e. The lowest BCUT2D eigenvalue weighted by Crippen LogP contribution is -2.25. The van der Waals surface area contributed by atoms with E-state index in [9.17, 15) is 4.39 Å². The maximum absolute atomic E-state index is 12.9. The van der Waals surface area contributed by atoms with Crippen LogP contribution < -0.4 is 5.32 Å². The third kappa shape index (κ3) is 3.15. The standard InChI is InChI=1S/C15H16FNO/c16-14-8-6-13(7-9-14)15(17-10-11-18)12-4-2-1-3-5-12/h1-9,15,17-18H,10-11H2. The minimum atomic E-state index is -0.243. The van der Waals surface area contributed by atoms with E-state index < -0.39 is 0 Å². The molecular weight excluding hydrogens is 229 g/mol. The predicted octanol–water partition coefficient (Wildman–Crippen LogP) is 2.50. The third-order valence-corrected chi connectivity index (χ3v) is 2.80. The average molecular weight is 245 g/mol. The largest absolute Gasteiger partial charge is 0.395 e. The number of nitrogens with one attached hydrogen (secondary N) is 1. The number of hydrogen-bond donors (Lipinski definition) is 2. The quantitative estimate of drug-likeness (QED) is 0.848. The molecule has 2 rings (SSSR count). The summed E-state index contributed by atoms with van der Waals surface area (Å²) in [4.78, 5) is 0. The normalized spacial score (nSPS) is 12.3. The molecule has 0 aromatic heterocycles. The molecular formula is C15H16FNO. The highest BCUT2D eigenvalue weighted by Gasteiger charge is 2.12. The molecule has 94 valence electrons. The molecule has 0 spiro atoms. The third-order valence-electron chi connectivity index (χ3n) is 2.80. The van der Waals surface area contributed by atoms with Gasteiger partial charge in [0.2, 0.25) is 0 Å². The summed E-state index contributed by atoms with van der Waals surface area (Å²) in [5.41, 5.74) is 2.08. The highest BCUT2D eigenvalue weighted by atomic mass is 19.1. The summed E-state index contributed by atoms with van der Waals surface area (Å²) in [6, 6.07) is 16.3. The van der Waals surface area contributed by atoms with Crippen LogP contribution in [-0.4, -0.2) is 18.3 Å². The van der Waals surface area contributed by atoms with Gasteiger partial charge in [-0.15, -0.1) is 0 Å². The molecule has 1 atom stereocenters. The minimum Gasteiger partial charge on any atom is -0.395 e. The van der Waals surface area contributed by atoms with Crippen molar-refractivity contribution in [3.8, 4) is 0 Å². The molecule has 3 heteroatoms. The van der Waals surface area contributed by atoms with Gasteiger partial charge in [-0.3, -0.25) is 0 Å². The van der Waals surface area contributed by atoms with E-state index in [2.05, 4.69) is 5.32 Å². The lowest BCUT2D eigenvalue weighted by Gasteiger charge is -2.19. The summed E-state index contributed by atoms with van der Waals surface area (Å²) in [5, 5.41) is 12.2. The number of rotatable bonds is 5. The summed E-state index contributed by atoms with van der Waals surface area (Å²) in [6.07, 6.45) is 0. The van der Waals surface area contributed by atoms with Gasteiger partial charge >= 0.3 is 0 Å². The van der Waals surface area contributed by atoms with Crippen LogP contribution in [0.4, 0.5) is 4.39 Å². The highest BCUT2D eigenvalue weighted by molar-refractivity contribution is 5.31. The number of aliphatic hydroxyl groups excluding tert-OH is 1. The molecule has 18 heavy (non-hydrogen) atoms. The fraction of sp³-hybridized carbons (Fsp3) is 0.200. The Kier molecular flexibility index (Phi) is 4.45. The van der Waals surface area contributed by atoms with Gasteiger partial charge in [0.15, 0.2) is 0 Å². The second-order valence-electron chi connectivity index (χ2n) is 4.07. The molecule has 0 heterocycles. The molecule has 2 N–H and O–H groups in total. The highest BCUT2D eigenvalue weighted by Crippen LogP contribution is 2.21. The molecule has 0 amide bonds. The van der Waals surface area contributed by atoms with Crippen molar-refractivity contribution in [3.63, 3.8) is 0 Å². The van der Waals surface area contributed by atoms with Crippen LogP contribution in [0.25, 0.3) is 0 Å². The Morgan fingerprint density at radius 1 is 0.944 bits per heavy atom. The zero-order valence-electron chi connectivity index (χ0n) is 10.0. The molecule has 0 radical (unpaired) electrons. The molecule has 0 bridgehead atoms. The lowest BCUT2D eigenvalue weighted by molar-refractivity contribution is 0.288. The van der Waals surface area contributed by atoms with Crippen molar-refractivity contribution in [3.05, 3.63) is 71.5 Å². The first-order valence-corrected chi connectivity index (χ1v) is 5.96. The Morgan fingerprint density at radius 3 is 2.17 bits per heavy atom. The monoisotopic (exact) mass is 245 g/mol. The number of aliphatic hydroxyl groups is 1. The van der Waals surface area contributed by atoms with E-state index in [1.807, 2.05) is 30.3 Å². The predicted molar refractivity (Wildman–Crippen MR) is 69.8 cm³/mol. The van der Waals surface area contributed by atoms with Gasteiger partial charge in [-0.1, -0.05) is 42.5 Å². The van der Waals surface area contributed by atoms with Crippen LogP contribution in [0.15, 0.2) is 54.6 Å². The van der Waals surface area contributed by atoms with E-state index in [1.165, 1.54) is 12.1 Å². The molecule has 0 aliphatic carbocycles. The Morgan fingerprint density at radius 2 is 1.56 bits per heavy atom. The maximum atomic E-state index is 12.9. The van der Waals surface area contributed by atoms with Crippen LogP contribution in [-0.2, 0) is 0 Å². The molecule has 0 saturated heterocycles. The van der Waals surface area contributed by atoms with Crippen molar-refractivity contribution in [2.75, 3.05) is 13.2 Å².